The van der Waals surface area contributed by atoms with Gasteiger partial charge in [-0.2, -0.15) is 5.10 Å². The van der Waals surface area contributed by atoms with Crippen LogP contribution in [0.2, 0.25) is 0 Å². The smallest absolute Gasteiger partial charge is 0.202 e. The summed E-state index contributed by atoms with van der Waals surface area (Å²) in [4.78, 5) is 4.56. The minimum absolute atomic E-state index is 0.334. The van der Waals surface area contributed by atoms with Gasteiger partial charge in [-0.3, -0.25) is 9.25 Å². The number of hydrogen-bond acceptors (Lipinski definition) is 4. The number of nitrogens with zero attached hydrogens (tertiary/aromatic N) is 4. The molecule has 20 heavy (non-hydrogen) atoms. The normalized spacial score (nSPS) is 22.9. The monoisotopic (exact) mass is 277 g/mol. The van der Waals surface area contributed by atoms with Gasteiger partial charge in [0.1, 0.15) is 5.52 Å². The fourth-order valence-corrected chi connectivity index (χ4v) is 3.35. The van der Waals surface area contributed by atoms with Gasteiger partial charge in [-0.15, -0.1) is 0 Å². The van der Waals surface area contributed by atoms with Crippen molar-refractivity contribution in [1.29, 1.82) is 0 Å². The quantitative estimate of drug-likeness (QED) is 0.928. The molecular weight excluding hydrogens is 254 g/mol. The van der Waals surface area contributed by atoms with Gasteiger partial charge in [-0.25, -0.2) is 4.98 Å². The van der Waals surface area contributed by atoms with Gasteiger partial charge in [0.25, 0.3) is 0 Å². The van der Waals surface area contributed by atoms with Crippen molar-refractivity contribution in [3.63, 3.8) is 0 Å². The van der Waals surface area contributed by atoms with E-state index in [0.717, 1.165) is 49.0 Å². The highest BCUT2D eigenvalue weighted by molar-refractivity contribution is 5.78. The van der Waals surface area contributed by atoms with Crippen LogP contribution in [0.15, 0.2) is 0 Å². The molecule has 0 saturated heterocycles. The van der Waals surface area contributed by atoms with E-state index >= 15 is 0 Å². The van der Waals surface area contributed by atoms with E-state index in [4.69, 9.17) is 10.5 Å². The van der Waals surface area contributed by atoms with Crippen molar-refractivity contribution in [1.82, 2.24) is 19.3 Å². The highest BCUT2D eigenvalue weighted by Crippen LogP contribution is 2.36. The van der Waals surface area contributed by atoms with Crippen LogP contribution in [0, 0.1) is 0 Å². The van der Waals surface area contributed by atoms with Gasteiger partial charge >= 0.3 is 0 Å². The molecule has 3 rings (SSSR count). The van der Waals surface area contributed by atoms with Crippen LogP contribution in [-0.4, -0.2) is 32.5 Å². The SMILES string of the molecule is CCCc1nn(C)c2c1nc(N)n2C1CCC(OC)C1. The Bertz CT molecular complexity index is 615. The van der Waals surface area contributed by atoms with Crippen molar-refractivity contribution in [2.45, 2.75) is 51.2 Å². The van der Waals surface area contributed by atoms with E-state index in [0.29, 0.717) is 18.1 Å². The van der Waals surface area contributed by atoms with Crippen molar-refractivity contribution in [3.05, 3.63) is 5.69 Å². The number of imidazole rings is 1. The molecule has 2 unspecified atom stereocenters. The molecule has 2 aromatic rings. The molecule has 0 aromatic carbocycles. The van der Waals surface area contributed by atoms with Crippen LogP contribution >= 0.6 is 0 Å². The number of anilines is 1. The topological polar surface area (TPSA) is 70.9 Å². The van der Waals surface area contributed by atoms with Crippen molar-refractivity contribution in [2.24, 2.45) is 7.05 Å². The summed E-state index contributed by atoms with van der Waals surface area (Å²) >= 11 is 0. The zero-order valence-electron chi connectivity index (χ0n) is 12.5. The molecule has 1 fully saturated rings. The second kappa shape index (κ2) is 5.09. The van der Waals surface area contributed by atoms with Gasteiger partial charge in [0.2, 0.25) is 5.95 Å². The third-order valence-corrected chi connectivity index (χ3v) is 4.31. The summed E-state index contributed by atoms with van der Waals surface area (Å²) in [5.74, 6) is 0.604. The lowest BCUT2D eigenvalue weighted by Gasteiger charge is -2.15. The average Bonchev–Trinajstić information content (AvgIpc) is 3.07. The van der Waals surface area contributed by atoms with E-state index in [1.54, 1.807) is 7.11 Å². The lowest BCUT2D eigenvalue weighted by molar-refractivity contribution is 0.106. The Kier molecular flexibility index (Phi) is 3.41. The number of fused-ring (bicyclic) bond motifs is 1. The van der Waals surface area contributed by atoms with Gasteiger partial charge in [0.15, 0.2) is 5.65 Å². The van der Waals surface area contributed by atoms with Crippen LogP contribution in [0.3, 0.4) is 0 Å². The van der Waals surface area contributed by atoms with E-state index < -0.39 is 0 Å². The molecule has 0 amide bonds. The minimum Gasteiger partial charge on any atom is -0.381 e. The Morgan fingerprint density at radius 1 is 1.40 bits per heavy atom. The Morgan fingerprint density at radius 2 is 2.20 bits per heavy atom. The number of hydrogen-bond donors (Lipinski definition) is 1. The fourth-order valence-electron chi connectivity index (χ4n) is 3.35. The number of nitrogen functional groups attached to an aromatic ring is 1. The summed E-state index contributed by atoms with van der Waals surface area (Å²) in [6.45, 7) is 2.15. The average molecular weight is 277 g/mol. The Balaban J connectivity index is 2.05. The zero-order valence-corrected chi connectivity index (χ0v) is 12.5. The lowest BCUT2D eigenvalue weighted by atomic mass is 10.2. The Hall–Kier alpha value is -1.56. The molecule has 2 aromatic heterocycles. The zero-order chi connectivity index (χ0) is 14.3. The van der Waals surface area contributed by atoms with E-state index in [1.165, 1.54) is 0 Å². The summed E-state index contributed by atoms with van der Waals surface area (Å²) in [6.07, 6.45) is 5.51. The standard InChI is InChI=1S/C14H23N5O/c1-4-5-11-12-13(18(2)17-11)19(14(15)16-12)9-6-7-10(8-9)20-3/h9-10H,4-8H2,1-3H3,(H2,15,16). The lowest BCUT2D eigenvalue weighted by Crippen LogP contribution is -2.13. The van der Waals surface area contributed by atoms with Crippen LogP contribution in [0.25, 0.3) is 11.2 Å². The first kappa shape index (κ1) is 13.4. The predicted octanol–water partition coefficient (Wildman–Crippen LogP) is 2.04. The number of aryl methyl sites for hydroxylation is 2. The molecule has 1 aliphatic carbocycles. The molecule has 110 valence electrons. The number of ether oxygens (including phenoxy) is 1. The van der Waals surface area contributed by atoms with E-state index in [2.05, 4.69) is 21.6 Å². The summed E-state index contributed by atoms with van der Waals surface area (Å²) < 4.78 is 9.54. The number of nitrogens with two attached hydrogens (primary N) is 1. The summed E-state index contributed by atoms with van der Waals surface area (Å²) in [7, 11) is 3.76. The highest BCUT2D eigenvalue weighted by Gasteiger charge is 2.30. The first-order chi connectivity index (χ1) is 9.65. The molecule has 1 aliphatic rings. The first-order valence-electron chi connectivity index (χ1n) is 7.37. The molecule has 2 atom stereocenters. The third kappa shape index (κ3) is 1.98. The molecule has 0 radical (unpaired) electrons. The van der Waals surface area contributed by atoms with Gasteiger partial charge in [0, 0.05) is 20.2 Å². The van der Waals surface area contributed by atoms with E-state index in [9.17, 15) is 0 Å². The maximum Gasteiger partial charge on any atom is 0.202 e. The van der Waals surface area contributed by atoms with Gasteiger partial charge in [-0.05, 0) is 25.7 Å². The van der Waals surface area contributed by atoms with Crippen LogP contribution in [0.5, 0.6) is 0 Å². The Morgan fingerprint density at radius 3 is 2.85 bits per heavy atom. The first-order valence-corrected chi connectivity index (χ1v) is 7.37. The third-order valence-electron chi connectivity index (χ3n) is 4.31. The van der Waals surface area contributed by atoms with Crippen LogP contribution in [0.4, 0.5) is 5.95 Å². The van der Waals surface area contributed by atoms with Crippen molar-refractivity contribution < 1.29 is 4.74 Å². The van der Waals surface area contributed by atoms with Crippen LogP contribution in [0.1, 0.15) is 44.3 Å². The number of methoxy groups -OCH3 is 1. The van der Waals surface area contributed by atoms with Crippen LogP contribution in [-0.2, 0) is 18.2 Å². The fraction of sp³-hybridized carbons (Fsp3) is 0.714. The van der Waals surface area contributed by atoms with E-state index in [-0.39, 0.29) is 0 Å². The van der Waals surface area contributed by atoms with Crippen LogP contribution < -0.4 is 5.73 Å². The maximum atomic E-state index is 6.17. The van der Waals surface area contributed by atoms with Gasteiger partial charge in [0.05, 0.1) is 11.8 Å². The van der Waals surface area contributed by atoms with Gasteiger partial charge in [-0.1, -0.05) is 13.3 Å². The Labute approximate surface area is 118 Å². The molecule has 2 N–H and O–H groups in total. The molecular formula is C14H23N5O. The molecule has 0 spiro atoms. The molecule has 1 saturated carbocycles. The van der Waals surface area contributed by atoms with Crippen molar-refractivity contribution in [3.8, 4) is 0 Å². The molecule has 0 bridgehead atoms. The van der Waals surface area contributed by atoms with Crippen molar-refractivity contribution >= 4 is 17.1 Å². The molecule has 0 aliphatic heterocycles. The molecule has 6 nitrogen and oxygen atoms in total. The predicted molar refractivity (Wildman–Crippen MR) is 78.6 cm³/mol. The second-order valence-corrected chi connectivity index (χ2v) is 5.66. The van der Waals surface area contributed by atoms with Crippen molar-refractivity contribution in [2.75, 3.05) is 12.8 Å². The second-order valence-electron chi connectivity index (χ2n) is 5.66. The number of aromatic nitrogens is 4. The largest absolute Gasteiger partial charge is 0.381 e. The molecule has 6 heteroatoms. The van der Waals surface area contributed by atoms with Gasteiger partial charge < -0.3 is 10.5 Å². The number of rotatable bonds is 4. The summed E-state index contributed by atoms with van der Waals surface area (Å²) in [6, 6.07) is 0.370. The maximum absolute atomic E-state index is 6.17. The summed E-state index contributed by atoms with van der Waals surface area (Å²) in [5, 5.41) is 4.60. The molecule has 2 heterocycles. The highest BCUT2D eigenvalue weighted by atomic mass is 16.5. The summed E-state index contributed by atoms with van der Waals surface area (Å²) in [5.41, 5.74) is 9.24. The van der Waals surface area contributed by atoms with E-state index in [1.807, 2.05) is 11.7 Å². The minimum atomic E-state index is 0.334.